The number of ketones is 1. The lowest BCUT2D eigenvalue weighted by molar-refractivity contribution is -0.119. The van der Waals surface area contributed by atoms with Gasteiger partial charge >= 0.3 is 0 Å². The standard InChI is InChI=1S/C15H20ClNO/c1-11(15(18)12(2)10-17(3)4)8-13-6-5-7-14(16)9-13/h5-9,12H,10H2,1-4H3/b11-8+. The van der Waals surface area contributed by atoms with Gasteiger partial charge < -0.3 is 4.90 Å². The highest BCUT2D eigenvalue weighted by Crippen LogP contribution is 2.16. The lowest BCUT2D eigenvalue weighted by Crippen LogP contribution is -2.26. The molecule has 1 atom stereocenters. The van der Waals surface area contributed by atoms with Gasteiger partial charge in [-0.15, -0.1) is 0 Å². The predicted molar refractivity (Wildman–Crippen MR) is 77.8 cm³/mol. The minimum absolute atomic E-state index is 0.00966. The fourth-order valence-corrected chi connectivity index (χ4v) is 2.14. The van der Waals surface area contributed by atoms with Crippen molar-refractivity contribution in [1.29, 1.82) is 0 Å². The topological polar surface area (TPSA) is 20.3 Å². The van der Waals surface area contributed by atoms with Crippen molar-refractivity contribution >= 4 is 23.5 Å². The molecule has 1 aromatic carbocycles. The number of rotatable bonds is 5. The molecule has 0 aliphatic heterocycles. The molecule has 0 aromatic heterocycles. The lowest BCUT2D eigenvalue weighted by Gasteiger charge is -2.16. The summed E-state index contributed by atoms with van der Waals surface area (Å²) < 4.78 is 0. The summed E-state index contributed by atoms with van der Waals surface area (Å²) in [5.41, 5.74) is 1.73. The molecular formula is C15H20ClNO. The molecule has 0 aliphatic carbocycles. The molecule has 0 amide bonds. The maximum absolute atomic E-state index is 12.1. The molecule has 0 N–H and O–H groups in total. The smallest absolute Gasteiger partial charge is 0.162 e. The second-order valence-corrected chi connectivity index (χ2v) is 5.35. The molecule has 1 unspecified atom stereocenters. The number of carbonyl (C=O) groups excluding carboxylic acids is 1. The Morgan fingerprint density at radius 1 is 1.44 bits per heavy atom. The van der Waals surface area contributed by atoms with E-state index in [9.17, 15) is 4.79 Å². The Bertz CT molecular complexity index is 452. The number of hydrogen-bond acceptors (Lipinski definition) is 2. The molecule has 2 nitrogen and oxygen atoms in total. The third kappa shape index (κ3) is 4.63. The van der Waals surface area contributed by atoms with Crippen molar-refractivity contribution in [2.75, 3.05) is 20.6 Å². The molecular weight excluding hydrogens is 246 g/mol. The number of hydrogen-bond donors (Lipinski definition) is 0. The lowest BCUT2D eigenvalue weighted by atomic mass is 9.98. The molecule has 0 saturated heterocycles. The van der Waals surface area contributed by atoms with Crippen molar-refractivity contribution < 1.29 is 4.79 Å². The van der Waals surface area contributed by atoms with Crippen LogP contribution in [0.1, 0.15) is 19.4 Å². The molecule has 3 heteroatoms. The maximum atomic E-state index is 12.1. The van der Waals surface area contributed by atoms with Crippen molar-refractivity contribution in [3.63, 3.8) is 0 Å². The summed E-state index contributed by atoms with van der Waals surface area (Å²) in [6, 6.07) is 7.51. The van der Waals surface area contributed by atoms with E-state index < -0.39 is 0 Å². The van der Waals surface area contributed by atoms with Gasteiger partial charge in [0.1, 0.15) is 0 Å². The summed E-state index contributed by atoms with van der Waals surface area (Å²) in [5.74, 6) is 0.194. The monoisotopic (exact) mass is 265 g/mol. The van der Waals surface area contributed by atoms with Crippen LogP contribution in [0.25, 0.3) is 6.08 Å². The first-order valence-electron chi connectivity index (χ1n) is 6.03. The molecule has 0 heterocycles. The molecule has 18 heavy (non-hydrogen) atoms. The van der Waals surface area contributed by atoms with E-state index in [4.69, 9.17) is 11.6 Å². The molecule has 0 bridgehead atoms. The fraction of sp³-hybridized carbons (Fsp3) is 0.400. The minimum atomic E-state index is 0.00966. The van der Waals surface area contributed by atoms with Crippen LogP contribution in [0.2, 0.25) is 5.02 Å². The Kier molecular flexibility index (Phi) is 5.57. The minimum Gasteiger partial charge on any atom is -0.309 e. The van der Waals surface area contributed by atoms with Crippen LogP contribution in [0, 0.1) is 5.92 Å². The number of halogens is 1. The van der Waals surface area contributed by atoms with Gasteiger partial charge in [-0.05, 0) is 50.4 Å². The van der Waals surface area contributed by atoms with E-state index in [0.717, 1.165) is 17.7 Å². The Hall–Kier alpha value is -1.12. The van der Waals surface area contributed by atoms with E-state index >= 15 is 0 Å². The fourth-order valence-electron chi connectivity index (χ4n) is 1.94. The molecule has 0 radical (unpaired) electrons. The molecule has 0 aliphatic rings. The summed E-state index contributed by atoms with van der Waals surface area (Å²) in [6.45, 7) is 4.58. The van der Waals surface area contributed by atoms with Gasteiger partial charge in [0.25, 0.3) is 0 Å². The van der Waals surface area contributed by atoms with E-state index in [1.165, 1.54) is 0 Å². The average Bonchev–Trinajstić information content (AvgIpc) is 2.27. The SMILES string of the molecule is C/C(=C\c1cccc(Cl)c1)C(=O)C(C)CN(C)C. The maximum Gasteiger partial charge on any atom is 0.162 e. The van der Waals surface area contributed by atoms with Crippen LogP contribution in [0.5, 0.6) is 0 Å². The van der Waals surface area contributed by atoms with Crippen molar-refractivity contribution in [3.05, 3.63) is 40.4 Å². The second-order valence-electron chi connectivity index (χ2n) is 4.91. The third-order valence-electron chi connectivity index (χ3n) is 2.71. The van der Waals surface area contributed by atoms with Crippen LogP contribution < -0.4 is 0 Å². The summed E-state index contributed by atoms with van der Waals surface area (Å²) >= 11 is 5.92. The predicted octanol–water partition coefficient (Wildman–Crippen LogP) is 3.51. The van der Waals surface area contributed by atoms with Gasteiger partial charge in [0.05, 0.1) is 0 Å². The summed E-state index contributed by atoms with van der Waals surface area (Å²) in [7, 11) is 3.94. The molecule has 1 rings (SSSR count). The van der Waals surface area contributed by atoms with Crippen LogP contribution in [0.3, 0.4) is 0 Å². The number of carbonyl (C=O) groups is 1. The zero-order valence-corrected chi connectivity index (χ0v) is 12.2. The van der Waals surface area contributed by atoms with Gasteiger partial charge in [-0.1, -0.05) is 30.7 Å². The van der Waals surface area contributed by atoms with E-state index in [2.05, 4.69) is 0 Å². The molecule has 98 valence electrons. The van der Waals surface area contributed by atoms with Crippen LogP contribution >= 0.6 is 11.6 Å². The summed E-state index contributed by atoms with van der Waals surface area (Å²) in [4.78, 5) is 14.2. The Labute approximate surface area is 114 Å². The Morgan fingerprint density at radius 2 is 2.11 bits per heavy atom. The van der Waals surface area contributed by atoms with Crippen molar-refractivity contribution in [3.8, 4) is 0 Å². The van der Waals surface area contributed by atoms with Gasteiger partial charge in [-0.2, -0.15) is 0 Å². The molecule has 0 saturated carbocycles. The van der Waals surface area contributed by atoms with Gasteiger partial charge in [-0.3, -0.25) is 4.79 Å². The zero-order chi connectivity index (χ0) is 13.7. The summed E-state index contributed by atoms with van der Waals surface area (Å²) in [6.07, 6.45) is 1.89. The van der Waals surface area contributed by atoms with E-state index in [-0.39, 0.29) is 11.7 Å². The normalized spacial score (nSPS) is 13.8. The number of allylic oxidation sites excluding steroid dienone is 1. The first-order chi connectivity index (χ1) is 8.40. The highest BCUT2D eigenvalue weighted by Gasteiger charge is 2.15. The number of nitrogens with zero attached hydrogens (tertiary/aromatic N) is 1. The van der Waals surface area contributed by atoms with Crippen molar-refractivity contribution in [2.24, 2.45) is 5.92 Å². The van der Waals surface area contributed by atoms with Gasteiger partial charge in [0, 0.05) is 17.5 Å². The van der Waals surface area contributed by atoms with Crippen LogP contribution in [0.15, 0.2) is 29.8 Å². The van der Waals surface area contributed by atoms with Gasteiger partial charge in [0.15, 0.2) is 5.78 Å². The van der Waals surface area contributed by atoms with Crippen LogP contribution in [0.4, 0.5) is 0 Å². The van der Waals surface area contributed by atoms with E-state index in [1.54, 1.807) is 0 Å². The number of Topliss-reactive ketones (excluding diaryl/α,β-unsaturated/α-hetero) is 1. The van der Waals surface area contributed by atoms with Crippen molar-refractivity contribution in [1.82, 2.24) is 4.90 Å². The highest BCUT2D eigenvalue weighted by atomic mass is 35.5. The Balaban J connectivity index is 2.80. The van der Waals surface area contributed by atoms with Crippen LogP contribution in [-0.4, -0.2) is 31.3 Å². The molecule has 0 spiro atoms. The average molecular weight is 266 g/mol. The quantitative estimate of drug-likeness (QED) is 0.760. The van der Waals surface area contributed by atoms with Gasteiger partial charge in [0.2, 0.25) is 0 Å². The Morgan fingerprint density at radius 3 is 2.67 bits per heavy atom. The highest BCUT2D eigenvalue weighted by molar-refractivity contribution is 6.30. The molecule has 0 fully saturated rings. The second kappa shape index (κ2) is 6.72. The van der Waals surface area contributed by atoms with Gasteiger partial charge in [-0.25, -0.2) is 0 Å². The zero-order valence-electron chi connectivity index (χ0n) is 11.4. The van der Waals surface area contributed by atoms with Crippen molar-refractivity contribution in [2.45, 2.75) is 13.8 Å². The first kappa shape index (κ1) is 14.9. The summed E-state index contributed by atoms with van der Waals surface area (Å²) in [5, 5.41) is 0.685. The first-order valence-corrected chi connectivity index (χ1v) is 6.40. The van der Waals surface area contributed by atoms with Crippen LogP contribution in [-0.2, 0) is 4.79 Å². The van der Waals surface area contributed by atoms with E-state index in [1.807, 2.05) is 63.2 Å². The van der Waals surface area contributed by atoms with E-state index in [0.29, 0.717) is 5.02 Å². The largest absolute Gasteiger partial charge is 0.309 e. The number of benzene rings is 1. The molecule has 1 aromatic rings. The third-order valence-corrected chi connectivity index (χ3v) is 2.94.